The average molecular weight is 411 g/mol. The zero-order valence-electron chi connectivity index (χ0n) is 17.1. The number of aromatic hydroxyl groups is 1. The van der Waals surface area contributed by atoms with Gasteiger partial charge in [0, 0.05) is 44.7 Å². The molecule has 2 aromatic rings. The summed E-state index contributed by atoms with van der Waals surface area (Å²) in [6.45, 7) is 3.80. The minimum absolute atomic E-state index is 0.156. The molecule has 1 unspecified atom stereocenters. The number of amides is 1. The van der Waals surface area contributed by atoms with E-state index in [0.717, 1.165) is 44.2 Å². The number of phenolic OH excluding ortho intramolecular Hbond substituents is 1. The highest BCUT2D eigenvalue weighted by Crippen LogP contribution is 2.50. The predicted octanol–water partition coefficient (Wildman–Crippen LogP) is 2.95. The van der Waals surface area contributed by atoms with Gasteiger partial charge < -0.3 is 24.5 Å². The molecule has 5 rings (SSSR count). The monoisotopic (exact) mass is 411 g/mol. The summed E-state index contributed by atoms with van der Waals surface area (Å²) in [7, 11) is 1.86. The summed E-state index contributed by atoms with van der Waals surface area (Å²) < 4.78 is 18.7. The molecule has 30 heavy (non-hydrogen) atoms. The van der Waals surface area contributed by atoms with E-state index >= 15 is 0 Å². The zero-order chi connectivity index (χ0) is 20.8. The van der Waals surface area contributed by atoms with Gasteiger partial charge in [0.1, 0.15) is 5.82 Å². The molecule has 1 fully saturated rings. The van der Waals surface area contributed by atoms with Crippen molar-refractivity contribution in [1.82, 2.24) is 4.90 Å². The van der Waals surface area contributed by atoms with Crippen LogP contribution in [0.1, 0.15) is 24.3 Å². The average Bonchev–Trinajstić information content (AvgIpc) is 3.05. The molecule has 0 aromatic heterocycles. The van der Waals surface area contributed by atoms with Crippen LogP contribution in [0, 0.1) is 5.82 Å². The number of hydrogen-bond acceptors (Lipinski definition) is 5. The normalized spacial score (nSPS) is 22.8. The third-order valence-electron chi connectivity index (χ3n) is 6.63. The summed E-state index contributed by atoms with van der Waals surface area (Å²) >= 11 is 0. The summed E-state index contributed by atoms with van der Waals surface area (Å²) in [4.78, 5) is 19.0. The number of nitrogens with zero attached hydrogens (tertiary/aromatic N) is 3. The van der Waals surface area contributed by atoms with Crippen LogP contribution in [-0.2, 0) is 4.79 Å². The lowest BCUT2D eigenvalue weighted by atomic mass is 9.89. The Morgan fingerprint density at radius 1 is 1.27 bits per heavy atom. The van der Waals surface area contributed by atoms with Gasteiger partial charge in [-0.25, -0.2) is 4.39 Å². The number of para-hydroxylation sites is 1. The van der Waals surface area contributed by atoms with Gasteiger partial charge in [0.25, 0.3) is 0 Å². The maximum atomic E-state index is 13.1. The standard InChI is InChI=1S/C23H26FN3O3/c1-25-19-5-2-4-16-17-13-26(10-8-18(17)27(23(16)19)14-22(25)29)9-3-11-30-21-7-6-15(24)12-20(21)28/h2,4-7,12,17-18,28H,3,8-11,13-14H2,1H3/t17-,18?/m0/s1. The fraction of sp³-hybridized carbons (Fsp3) is 0.435. The third kappa shape index (κ3) is 3.17. The zero-order valence-corrected chi connectivity index (χ0v) is 17.1. The molecule has 2 aromatic carbocycles. The van der Waals surface area contributed by atoms with Crippen molar-refractivity contribution < 1.29 is 19.0 Å². The molecule has 3 heterocycles. The summed E-state index contributed by atoms with van der Waals surface area (Å²) in [5.41, 5.74) is 3.62. The van der Waals surface area contributed by atoms with Crippen molar-refractivity contribution >= 4 is 17.3 Å². The van der Waals surface area contributed by atoms with Crippen LogP contribution >= 0.6 is 0 Å². The number of fused-ring (bicyclic) bond motifs is 3. The van der Waals surface area contributed by atoms with Gasteiger partial charge in [-0.1, -0.05) is 12.1 Å². The van der Waals surface area contributed by atoms with E-state index in [4.69, 9.17) is 4.74 Å². The second kappa shape index (κ2) is 7.47. The van der Waals surface area contributed by atoms with Crippen LogP contribution in [0.25, 0.3) is 0 Å². The van der Waals surface area contributed by atoms with Gasteiger partial charge in [0.05, 0.1) is 24.5 Å². The molecule has 2 atom stereocenters. The first kappa shape index (κ1) is 19.2. The highest BCUT2D eigenvalue weighted by atomic mass is 19.1. The van der Waals surface area contributed by atoms with Gasteiger partial charge in [0.2, 0.25) is 5.91 Å². The van der Waals surface area contributed by atoms with Crippen molar-refractivity contribution in [3.8, 4) is 11.5 Å². The first-order chi connectivity index (χ1) is 14.5. The van der Waals surface area contributed by atoms with Crippen LogP contribution in [0.15, 0.2) is 36.4 Å². The molecule has 158 valence electrons. The maximum Gasteiger partial charge on any atom is 0.246 e. The smallest absolute Gasteiger partial charge is 0.246 e. The first-order valence-corrected chi connectivity index (χ1v) is 10.5. The van der Waals surface area contributed by atoms with E-state index in [1.54, 1.807) is 4.90 Å². The first-order valence-electron chi connectivity index (χ1n) is 10.5. The van der Waals surface area contributed by atoms with Crippen LogP contribution in [0.3, 0.4) is 0 Å². The number of carbonyl (C=O) groups is 1. The Balaban J connectivity index is 1.22. The molecular formula is C23H26FN3O3. The number of ether oxygens (including phenoxy) is 1. The third-order valence-corrected chi connectivity index (χ3v) is 6.63. The molecule has 0 spiro atoms. The summed E-state index contributed by atoms with van der Waals surface area (Å²) in [6.07, 6.45) is 1.86. The van der Waals surface area contributed by atoms with Gasteiger partial charge in [-0.15, -0.1) is 0 Å². The predicted molar refractivity (Wildman–Crippen MR) is 113 cm³/mol. The van der Waals surface area contributed by atoms with Crippen molar-refractivity contribution in [2.24, 2.45) is 0 Å². The molecule has 3 aliphatic heterocycles. The van der Waals surface area contributed by atoms with Crippen LogP contribution in [0.4, 0.5) is 15.8 Å². The van der Waals surface area contributed by atoms with E-state index in [0.29, 0.717) is 30.9 Å². The summed E-state index contributed by atoms with van der Waals surface area (Å²) in [5.74, 6) is 0.238. The van der Waals surface area contributed by atoms with Crippen molar-refractivity contribution in [1.29, 1.82) is 0 Å². The van der Waals surface area contributed by atoms with E-state index in [9.17, 15) is 14.3 Å². The minimum Gasteiger partial charge on any atom is -0.504 e. The molecule has 0 saturated carbocycles. The van der Waals surface area contributed by atoms with Gasteiger partial charge in [0.15, 0.2) is 11.5 Å². The van der Waals surface area contributed by atoms with Crippen molar-refractivity contribution in [2.45, 2.75) is 24.8 Å². The molecule has 0 bridgehead atoms. The number of piperidine rings is 1. The Labute approximate surface area is 175 Å². The highest BCUT2D eigenvalue weighted by molar-refractivity contribution is 6.04. The van der Waals surface area contributed by atoms with Crippen LogP contribution in [0.2, 0.25) is 0 Å². The summed E-state index contributed by atoms with van der Waals surface area (Å²) in [6, 6.07) is 10.5. The Hall–Kier alpha value is -2.80. The molecule has 6 nitrogen and oxygen atoms in total. The SMILES string of the molecule is CN1C(=O)CN2c3c(cccc31)[C@@H]1CN(CCCOc3ccc(F)cc3O)CCC12. The number of likely N-dealkylation sites (tertiary alicyclic amines) is 1. The van der Waals surface area contributed by atoms with Gasteiger partial charge in [-0.05, 0) is 36.6 Å². The fourth-order valence-electron chi connectivity index (χ4n) is 5.15. The molecule has 1 saturated heterocycles. The fourth-order valence-corrected chi connectivity index (χ4v) is 5.15. The second-order valence-electron chi connectivity index (χ2n) is 8.37. The number of likely N-dealkylation sites (N-methyl/N-ethyl adjacent to an activating group) is 1. The molecule has 7 heteroatoms. The number of rotatable bonds is 5. The highest BCUT2D eigenvalue weighted by Gasteiger charge is 2.46. The second-order valence-corrected chi connectivity index (χ2v) is 8.37. The quantitative estimate of drug-likeness (QED) is 0.767. The molecule has 1 N–H and O–H groups in total. The van der Waals surface area contributed by atoms with Crippen molar-refractivity contribution in [2.75, 3.05) is 49.6 Å². The van der Waals surface area contributed by atoms with Crippen LogP contribution in [-0.4, -0.2) is 61.8 Å². The summed E-state index contributed by atoms with van der Waals surface area (Å²) in [5, 5.41) is 9.74. The molecule has 0 radical (unpaired) electrons. The number of carbonyl (C=O) groups excluding carboxylic acids is 1. The molecule has 3 aliphatic rings. The Morgan fingerprint density at radius 2 is 2.13 bits per heavy atom. The Morgan fingerprint density at radius 3 is 2.97 bits per heavy atom. The van der Waals surface area contributed by atoms with Crippen LogP contribution in [0.5, 0.6) is 11.5 Å². The van der Waals surface area contributed by atoms with Gasteiger partial charge >= 0.3 is 0 Å². The lowest BCUT2D eigenvalue weighted by Gasteiger charge is -2.40. The number of halogens is 1. The molecule has 0 aliphatic carbocycles. The maximum absolute atomic E-state index is 13.1. The number of phenols is 1. The largest absolute Gasteiger partial charge is 0.504 e. The van der Waals surface area contributed by atoms with Gasteiger partial charge in [-0.2, -0.15) is 0 Å². The topological polar surface area (TPSA) is 56.3 Å². The van der Waals surface area contributed by atoms with E-state index in [2.05, 4.69) is 21.9 Å². The lowest BCUT2D eigenvalue weighted by molar-refractivity contribution is -0.117. The Bertz CT molecular complexity index is 982. The van der Waals surface area contributed by atoms with Crippen LogP contribution < -0.4 is 14.5 Å². The van der Waals surface area contributed by atoms with Gasteiger partial charge in [-0.3, -0.25) is 4.79 Å². The van der Waals surface area contributed by atoms with E-state index < -0.39 is 5.82 Å². The molecule has 1 amide bonds. The lowest BCUT2D eigenvalue weighted by Crippen LogP contribution is -2.51. The minimum atomic E-state index is -0.478. The number of anilines is 2. The van der Waals surface area contributed by atoms with E-state index in [-0.39, 0.29) is 11.7 Å². The molecular weight excluding hydrogens is 385 g/mol. The number of benzene rings is 2. The Kier molecular flexibility index (Phi) is 4.77. The van der Waals surface area contributed by atoms with Crippen molar-refractivity contribution in [3.05, 3.63) is 47.8 Å². The van der Waals surface area contributed by atoms with E-state index in [1.165, 1.54) is 23.4 Å². The van der Waals surface area contributed by atoms with E-state index in [1.807, 2.05) is 13.1 Å². The number of hydrogen-bond donors (Lipinski definition) is 1. The van der Waals surface area contributed by atoms with Crippen molar-refractivity contribution in [3.63, 3.8) is 0 Å².